The highest BCUT2D eigenvalue weighted by molar-refractivity contribution is 6.17. The first-order chi connectivity index (χ1) is 23.6. The number of alkyl halides is 1. The summed E-state index contributed by atoms with van der Waals surface area (Å²) in [6.45, 7) is 7.20. The number of nitrogens with zero attached hydrogens (tertiary/aromatic N) is 4. The van der Waals surface area contributed by atoms with Crippen molar-refractivity contribution in [2.45, 2.75) is 58.3 Å². The number of azide groups is 1. The predicted octanol–water partition coefficient (Wildman–Crippen LogP) is 6.66. The Labute approximate surface area is 289 Å². The lowest BCUT2D eigenvalue weighted by atomic mass is 10.0. The number of benzene rings is 3. The molecule has 13 nitrogen and oxygen atoms in total. The fraction of sp³-hybridized carbons (Fsp3) is 0.371. The molecule has 0 saturated heterocycles. The SMILES string of the molecule is CCN(Cc1cc(NC(=O)[C@H](C)NC(=O)[C@@H](NC(=O)OCCN=[N+]=[N-])C(C)C)ccc1CCl)C(=O)OC1c2ccccc2-c2ccccc21. The van der Waals surface area contributed by atoms with Gasteiger partial charge < -0.3 is 30.3 Å². The normalized spacial score (nSPS) is 12.9. The molecule has 0 heterocycles. The third-order valence-corrected chi connectivity index (χ3v) is 8.36. The van der Waals surface area contributed by atoms with E-state index in [0.717, 1.165) is 33.4 Å². The van der Waals surface area contributed by atoms with Gasteiger partial charge in [-0.2, -0.15) is 0 Å². The van der Waals surface area contributed by atoms with E-state index in [1.165, 1.54) is 6.92 Å². The zero-order chi connectivity index (χ0) is 35.5. The predicted molar refractivity (Wildman–Crippen MR) is 186 cm³/mol. The van der Waals surface area contributed by atoms with Gasteiger partial charge in [0, 0.05) is 40.7 Å². The minimum Gasteiger partial charge on any atom is -0.449 e. The average Bonchev–Trinajstić information content (AvgIpc) is 3.40. The summed E-state index contributed by atoms with van der Waals surface area (Å²) >= 11 is 6.26. The molecule has 3 aromatic carbocycles. The molecule has 49 heavy (non-hydrogen) atoms. The van der Waals surface area contributed by atoms with E-state index >= 15 is 0 Å². The lowest BCUT2D eigenvalue weighted by Crippen LogP contribution is -2.53. The molecule has 3 N–H and O–H groups in total. The Balaban J connectivity index is 1.40. The number of amides is 4. The highest BCUT2D eigenvalue weighted by atomic mass is 35.5. The Bertz CT molecular complexity index is 1680. The number of alkyl carbamates (subject to hydrolysis) is 1. The molecule has 0 saturated carbocycles. The van der Waals surface area contributed by atoms with Gasteiger partial charge in [-0.05, 0) is 59.7 Å². The zero-order valence-corrected chi connectivity index (χ0v) is 28.6. The summed E-state index contributed by atoms with van der Waals surface area (Å²) in [7, 11) is 0. The number of rotatable bonds is 14. The van der Waals surface area contributed by atoms with Crippen molar-refractivity contribution < 1.29 is 28.7 Å². The van der Waals surface area contributed by atoms with E-state index in [1.807, 2.05) is 55.5 Å². The van der Waals surface area contributed by atoms with Crippen molar-refractivity contribution in [3.8, 4) is 11.1 Å². The van der Waals surface area contributed by atoms with Crippen molar-refractivity contribution in [2.24, 2.45) is 11.0 Å². The molecule has 2 atom stereocenters. The average molecular weight is 690 g/mol. The van der Waals surface area contributed by atoms with Gasteiger partial charge in [0.25, 0.3) is 0 Å². The summed E-state index contributed by atoms with van der Waals surface area (Å²) in [4.78, 5) is 56.0. The first-order valence-electron chi connectivity index (χ1n) is 15.9. The number of carbonyl (C=O) groups excluding carboxylic acids is 4. The molecule has 0 fully saturated rings. The van der Waals surface area contributed by atoms with Crippen LogP contribution in [-0.4, -0.2) is 60.7 Å². The Morgan fingerprint density at radius 3 is 2.18 bits per heavy atom. The molecule has 3 aromatic rings. The first-order valence-corrected chi connectivity index (χ1v) is 16.5. The quantitative estimate of drug-likeness (QED) is 0.0561. The topological polar surface area (TPSA) is 175 Å². The van der Waals surface area contributed by atoms with Crippen LogP contribution in [0.2, 0.25) is 0 Å². The second-order valence-corrected chi connectivity index (χ2v) is 12.0. The maximum Gasteiger partial charge on any atom is 0.411 e. The second-order valence-electron chi connectivity index (χ2n) is 11.7. The highest BCUT2D eigenvalue weighted by Crippen LogP contribution is 2.45. The summed E-state index contributed by atoms with van der Waals surface area (Å²) in [5.41, 5.74) is 14.2. The molecular formula is C35H40ClN7O6. The van der Waals surface area contributed by atoms with Gasteiger partial charge in [-0.25, -0.2) is 9.59 Å². The molecule has 0 aliphatic heterocycles. The minimum atomic E-state index is -0.984. The second kappa shape index (κ2) is 17.2. The Morgan fingerprint density at radius 1 is 0.939 bits per heavy atom. The molecule has 14 heteroatoms. The molecular weight excluding hydrogens is 650 g/mol. The van der Waals surface area contributed by atoms with E-state index < -0.39 is 42.2 Å². The number of halogens is 1. The monoisotopic (exact) mass is 689 g/mol. The minimum absolute atomic E-state index is 0.0433. The van der Waals surface area contributed by atoms with Crippen LogP contribution < -0.4 is 16.0 Å². The fourth-order valence-corrected chi connectivity index (χ4v) is 5.71. The lowest BCUT2D eigenvalue weighted by molar-refractivity contribution is -0.128. The van der Waals surface area contributed by atoms with Crippen LogP contribution in [0.1, 0.15) is 56.1 Å². The number of carbonyl (C=O) groups is 4. The van der Waals surface area contributed by atoms with Gasteiger partial charge in [0.1, 0.15) is 12.1 Å². The number of hydrogen-bond acceptors (Lipinski definition) is 7. The van der Waals surface area contributed by atoms with E-state index in [2.05, 4.69) is 26.0 Å². The van der Waals surface area contributed by atoms with Crippen molar-refractivity contribution in [2.75, 3.05) is 25.0 Å². The molecule has 1 aliphatic carbocycles. The maximum atomic E-state index is 13.6. The van der Waals surface area contributed by atoms with Gasteiger partial charge in [0.2, 0.25) is 11.8 Å². The molecule has 4 rings (SSSR count). The van der Waals surface area contributed by atoms with Crippen LogP contribution in [0.25, 0.3) is 21.6 Å². The molecule has 0 radical (unpaired) electrons. The fourth-order valence-electron chi connectivity index (χ4n) is 5.45. The molecule has 0 aromatic heterocycles. The zero-order valence-electron chi connectivity index (χ0n) is 27.8. The van der Waals surface area contributed by atoms with Gasteiger partial charge in [0.15, 0.2) is 6.10 Å². The van der Waals surface area contributed by atoms with Crippen LogP contribution >= 0.6 is 11.6 Å². The number of hydrogen-bond donors (Lipinski definition) is 3. The summed E-state index contributed by atoms with van der Waals surface area (Å²) in [5.74, 6) is -1.21. The van der Waals surface area contributed by atoms with E-state index in [1.54, 1.807) is 36.9 Å². The van der Waals surface area contributed by atoms with Crippen LogP contribution in [0.5, 0.6) is 0 Å². The van der Waals surface area contributed by atoms with Crippen molar-refractivity contribution in [1.82, 2.24) is 15.5 Å². The molecule has 0 unspecified atom stereocenters. The van der Waals surface area contributed by atoms with Gasteiger partial charge >= 0.3 is 12.2 Å². The molecule has 0 bridgehead atoms. The van der Waals surface area contributed by atoms with E-state index in [-0.39, 0.29) is 31.5 Å². The Kier molecular flexibility index (Phi) is 12.9. The third kappa shape index (κ3) is 9.21. The van der Waals surface area contributed by atoms with Crippen LogP contribution in [0.4, 0.5) is 15.3 Å². The Hall–Kier alpha value is -5.26. The highest BCUT2D eigenvalue weighted by Gasteiger charge is 2.32. The number of anilines is 1. The van der Waals surface area contributed by atoms with E-state index in [9.17, 15) is 19.2 Å². The first kappa shape index (κ1) is 36.6. The lowest BCUT2D eigenvalue weighted by Gasteiger charge is -2.25. The van der Waals surface area contributed by atoms with Crippen molar-refractivity contribution in [3.63, 3.8) is 0 Å². The van der Waals surface area contributed by atoms with Crippen molar-refractivity contribution in [3.05, 3.63) is 99.4 Å². The Morgan fingerprint density at radius 2 is 1.59 bits per heavy atom. The summed E-state index contributed by atoms with van der Waals surface area (Å²) < 4.78 is 11.0. The van der Waals surface area contributed by atoms with E-state index in [0.29, 0.717) is 12.2 Å². The standard InChI is InChI=1S/C35H40ClN7O6/c1-5-43(35(47)49-31-28-12-8-6-10-26(28)27-11-7-9-13-29(27)31)20-24-18-25(15-14-23(24)19-36)40-32(44)22(4)39-33(45)30(21(2)3)41-34(46)48-17-16-38-42-37/h6-15,18,21-22,30-31H,5,16-17,19-20H2,1-4H3,(H,39,45)(H,40,44)(H,41,46)/t22-,30-/m0/s1. The summed E-state index contributed by atoms with van der Waals surface area (Å²) in [5, 5.41) is 11.2. The summed E-state index contributed by atoms with van der Waals surface area (Å²) in [6.07, 6.45) is -1.88. The molecule has 258 valence electrons. The third-order valence-electron chi connectivity index (χ3n) is 8.08. The number of ether oxygens (including phenoxy) is 2. The van der Waals surface area contributed by atoms with Gasteiger partial charge in [-0.15, -0.1) is 11.6 Å². The number of nitrogens with one attached hydrogen (secondary N) is 3. The molecule has 0 spiro atoms. The molecule has 1 aliphatic rings. The number of fused-ring (bicyclic) bond motifs is 3. The van der Waals surface area contributed by atoms with Crippen molar-refractivity contribution in [1.29, 1.82) is 0 Å². The maximum absolute atomic E-state index is 13.6. The van der Waals surface area contributed by atoms with Crippen LogP contribution in [0, 0.1) is 5.92 Å². The van der Waals surface area contributed by atoms with Gasteiger partial charge in [0.05, 0.1) is 13.2 Å². The van der Waals surface area contributed by atoms with Crippen LogP contribution in [0.3, 0.4) is 0 Å². The van der Waals surface area contributed by atoms with Gasteiger partial charge in [-0.3, -0.25) is 9.59 Å². The largest absolute Gasteiger partial charge is 0.449 e. The van der Waals surface area contributed by atoms with Crippen LogP contribution in [-0.2, 0) is 31.5 Å². The molecule has 4 amide bonds. The van der Waals surface area contributed by atoms with Crippen molar-refractivity contribution >= 4 is 41.3 Å². The smallest absolute Gasteiger partial charge is 0.411 e. The summed E-state index contributed by atoms with van der Waals surface area (Å²) in [6, 6.07) is 19.0. The van der Waals surface area contributed by atoms with E-state index in [4.69, 9.17) is 26.6 Å². The van der Waals surface area contributed by atoms with Crippen LogP contribution in [0.15, 0.2) is 71.8 Å². The van der Waals surface area contributed by atoms with Gasteiger partial charge in [-0.1, -0.05) is 73.6 Å².